The molecule has 0 bridgehead atoms. The predicted molar refractivity (Wildman–Crippen MR) is 86.3 cm³/mol. The summed E-state index contributed by atoms with van der Waals surface area (Å²) in [5, 5.41) is 8.36. The number of carbonyl (C=O) groups is 1. The molecule has 1 atom stereocenters. The van der Waals surface area contributed by atoms with Crippen LogP contribution in [0.5, 0.6) is 5.75 Å². The predicted octanol–water partition coefficient (Wildman–Crippen LogP) is 2.81. The Labute approximate surface area is 130 Å². The van der Waals surface area contributed by atoms with E-state index in [1.807, 2.05) is 39.0 Å². The van der Waals surface area contributed by atoms with E-state index in [2.05, 4.69) is 4.98 Å². The number of nitrogens with zero attached hydrogens (tertiary/aromatic N) is 1. The lowest BCUT2D eigenvalue weighted by molar-refractivity contribution is 0.0696. The van der Waals surface area contributed by atoms with E-state index >= 15 is 0 Å². The molecule has 0 aliphatic carbocycles. The van der Waals surface area contributed by atoms with Crippen LogP contribution in [0, 0.1) is 13.8 Å². The van der Waals surface area contributed by atoms with Crippen LogP contribution in [-0.2, 0) is 0 Å². The molecule has 3 N–H and O–H groups in total. The quantitative estimate of drug-likeness (QED) is 0.907. The first-order valence-corrected chi connectivity index (χ1v) is 6.99. The SMILES string of the molecule is Cc1cccc(C)c1OCC(C)N.O=C(O)c1ccncc1. The minimum atomic E-state index is -0.919. The van der Waals surface area contributed by atoms with Gasteiger partial charge in [0.25, 0.3) is 0 Å². The van der Waals surface area contributed by atoms with Gasteiger partial charge in [0, 0.05) is 18.4 Å². The van der Waals surface area contributed by atoms with Crippen LogP contribution >= 0.6 is 0 Å². The summed E-state index contributed by atoms with van der Waals surface area (Å²) < 4.78 is 5.60. The van der Waals surface area contributed by atoms with Crippen LogP contribution in [0.3, 0.4) is 0 Å². The van der Waals surface area contributed by atoms with Crippen molar-refractivity contribution in [3.05, 3.63) is 59.4 Å². The summed E-state index contributed by atoms with van der Waals surface area (Å²) in [4.78, 5) is 13.8. The molecule has 0 saturated heterocycles. The number of nitrogens with two attached hydrogens (primary N) is 1. The van der Waals surface area contributed by atoms with Crippen molar-refractivity contribution in [2.45, 2.75) is 26.8 Å². The molecular weight excluding hydrogens is 280 g/mol. The Kier molecular flexibility index (Phi) is 7.05. The molecule has 1 unspecified atom stereocenters. The highest BCUT2D eigenvalue weighted by molar-refractivity contribution is 5.87. The summed E-state index contributed by atoms with van der Waals surface area (Å²) >= 11 is 0. The molecule has 118 valence electrons. The van der Waals surface area contributed by atoms with Crippen molar-refractivity contribution in [3.8, 4) is 5.75 Å². The zero-order valence-electron chi connectivity index (χ0n) is 13.1. The fraction of sp³-hybridized carbons (Fsp3) is 0.294. The second kappa shape index (κ2) is 8.79. The van der Waals surface area contributed by atoms with E-state index in [9.17, 15) is 4.79 Å². The molecule has 0 fully saturated rings. The van der Waals surface area contributed by atoms with Crippen molar-refractivity contribution >= 4 is 5.97 Å². The molecule has 0 aliphatic heterocycles. The highest BCUT2D eigenvalue weighted by atomic mass is 16.5. The van der Waals surface area contributed by atoms with Crippen molar-refractivity contribution in [1.29, 1.82) is 0 Å². The Morgan fingerprint density at radius 1 is 1.23 bits per heavy atom. The van der Waals surface area contributed by atoms with Gasteiger partial charge in [-0.2, -0.15) is 0 Å². The average Bonchev–Trinajstić information content (AvgIpc) is 2.48. The maximum atomic E-state index is 10.2. The molecule has 22 heavy (non-hydrogen) atoms. The number of pyridine rings is 1. The number of aryl methyl sites for hydroxylation is 2. The molecular formula is C17H22N2O3. The zero-order valence-corrected chi connectivity index (χ0v) is 13.1. The van der Waals surface area contributed by atoms with E-state index in [0.717, 1.165) is 5.75 Å². The van der Waals surface area contributed by atoms with E-state index in [-0.39, 0.29) is 11.6 Å². The molecule has 1 aromatic heterocycles. The van der Waals surface area contributed by atoms with Crippen molar-refractivity contribution in [3.63, 3.8) is 0 Å². The second-order valence-electron chi connectivity index (χ2n) is 5.05. The van der Waals surface area contributed by atoms with Crippen molar-refractivity contribution < 1.29 is 14.6 Å². The first-order valence-electron chi connectivity index (χ1n) is 6.99. The first kappa shape index (κ1) is 17.7. The molecule has 1 aromatic carbocycles. The number of hydrogen-bond acceptors (Lipinski definition) is 4. The summed E-state index contributed by atoms with van der Waals surface area (Å²) in [6.45, 7) is 6.60. The number of ether oxygens (including phenoxy) is 1. The van der Waals surface area contributed by atoms with E-state index in [1.54, 1.807) is 0 Å². The number of hydrogen-bond donors (Lipinski definition) is 2. The van der Waals surface area contributed by atoms with Gasteiger partial charge in [0.05, 0.1) is 5.56 Å². The molecule has 5 heteroatoms. The van der Waals surface area contributed by atoms with Crippen LogP contribution in [0.1, 0.15) is 28.4 Å². The number of rotatable bonds is 4. The third-order valence-corrected chi connectivity index (χ3v) is 2.83. The maximum absolute atomic E-state index is 10.2. The summed E-state index contributed by atoms with van der Waals surface area (Å²) in [6, 6.07) is 9.10. The molecule has 0 amide bonds. The molecule has 2 aromatic rings. The van der Waals surface area contributed by atoms with Gasteiger partial charge < -0.3 is 15.6 Å². The van der Waals surface area contributed by atoms with E-state index < -0.39 is 5.97 Å². The Morgan fingerprint density at radius 3 is 2.18 bits per heavy atom. The minimum absolute atomic E-state index is 0.0824. The molecule has 5 nitrogen and oxygen atoms in total. The number of para-hydroxylation sites is 1. The molecule has 0 saturated carbocycles. The molecule has 2 rings (SSSR count). The Hall–Kier alpha value is -2.40. The van der Waals surface area contributed by atoms with Crippen LogP contribution in [0.2, 0.25) is 0 Å². The van der Waals surface area contributed by atoms with Crippen LogP contribution in [-0.4, -0.2) is 28.7 Å². The summed E-state index contributed by atoms with van der Waals surface area (Å²) in [6.07, 6.45) is 2.90. The normalized spacial score (nSPS) is 11.1. The number of aromatic carboxylic acids is 1. The monoisotopic (exact) mass is 302 g/mol. The van der Waals surface area contributed by atoms with E-state index in [4.69, 9.17) is 15.6 Å². The van der Waals surface area contributed by atoms with Gasteiger partial charge in [0.15, 0.2) is 0 Å². The Bertz CT molecular complexity index is 578. The summed E-state index contributed by atoms with van der Waals surface area (Å²) in [7, 11) is 0. The fourth-order valence-electron chi connectivity index (χ4n) is 1.74. The van der Waals surface area contributed by atoms with Gasteiger partial charge in [0.2, 0.25) is 0 Å². The van der Waals surface area contributed by atoms with Gasteiger partial charge in [0.1, 0.15) is 12.4 Å². The summed E-state index contributed by atoms with van der Waals surface area (Å²) in [5.41, 5.74) is 8.22. The van der Waals surface area contributed by atoms with Gasteiger partial charge in [-0.3, -0.25) is 4.98 Å². The van der Waals surface area contributed by atoms with E-state index in [1.165, 1.54) is 35.7 Å². The second-order valence-corrected chi connectivity index (χ2v) is 5.05. The lowest BCUT2D eigenvalue weighted by Crippen LogP contribution is -2.24. The third kappa shape index (κ3) is 5.93. The number of benzene rings is 1. The van der Waals surface area contributed by atoms with Crippen molar-refractivity contribution in [1.82, 2.24) is 4.98 Å². The molecule has 0 spiro atoms. The maximum Gasteiger partial charge on any atom is 0.335 e. The topological polar surface area (TPSA) is 85.4 Å². The largest absolute Gasteiger partial charge is 0.491 e. The fourth-order valence-corrected chi connectivity index (χ4v) is 1.74. The molecule has 1 heterocycles. The van der Waals surface area contributed by atoms with Gasteiger partial charge in [-0.15, -0.1) is 0 Å². The van der Waals surface area contributed by atoms with Crippen LogP contribution in [0.4, 0.5) is 0 Å². The Morgan fingerprint density at radius 2 is 1.77 bits per heavy atom. The number of aromatic nitrogens is 1. The highest BCUT2D eigenvalue weighted by Gasteiger charge is 2.03. The Balaban J connectivity index is 0.000000235. The van der Waals surface area contributed by atoms with Crippen LogP contribution in [0.15, 0.2) is 42.7 Å². The molecule has 0 aliphatic rings. The lowest BCUT2D eigenvalue weighted by Gasteiger charge is -2.13. The molecule has 0 radical (unpaired) electrons. The smallest absolute Gasteiger partial charge is 0.335 e. The highest BCUT2D eigenvalue weighted by Crippen LogP contribution is 2.22. The average molecular weight is 302 g/mol. The van der Waals surface area contributed by atoms with Gasteiger partial charge in [-0.1, -0.05) is 18.2 Å². The standard InChI is InChI=1S/C11H17NO.C6H5NO2/c1-8-5-4-6-9(2)11(8)13-7-10(3)12;8-6(9)5-1-3-7-4-2-5/h4-6,10H,7,12H2,1-3H3;1-4H,(H,8,9). The van der Waals surface area contributed by atoms with Crippen molar-refractivity contribution in [2.24, 2.45) is 5.73 Å². The van der Waals surface area contributed by atoms with E-state index in [0.29, 0.717) is 6.61 Å². The third-order valence-electron chi connectivity index (χ3n) is 2.83. The summed E-state index contributed by atoms with van der Waals surface area (Å²) in [5.74, 6) is 0.0530. The zero-order chi connectivity index (χ0) is 16.5. The van der Waals surface area contributed by atoms with Gasteiger partial charge in [-0.05, 0) is 44.0 Å². The van der Waals surface area contributed by atoms with Crippen LogP contribution in [0.25, 0.3) is 0 Å². The van der Waals surface area contributed by atoms with Crippen molar-refractivity contribution in [2.75, 3.05) is 6.61 Å². The van der Waals surface area contributed by atoms with Gasteiger partial charge in [-0.25, -0.2) is 4.79 Å². The number of carboxylic acids is 1. The first-order chi connectivity index (χ1) is 10.4. The minimum Gasteiger partial charge on any atom is -0.491 e. The number of carboxylic acid groups (broad SMARTS) is 1. The lowest BCUT2D eigenvalue weighted by atomic mass is 10.1. The van der Waals surface area contributed by atoms with Crippen LogP contribution < -0.4 is 10.5 Å². The van der Waals surface area contributed by atoms with Gasteiger partial charge >= 0.3 is 5.97 Å².